The van der Waals surface area contributed by atoms with Gasteiger partial charge in [0.05, 0.1) is 13.2 Å². The maximum atomic E-state index is 13.2. The van der Waals surface area contributed by atoms with Crippen LogP contribution in [-0.2, 0) is 20.8 Å². The van der Waals surface area contributed by atoms with E-state index in [1.807, 2.05) is 31.2 Å². The number of nitrogens with zero attached hydrogens (tertiary/aromatic N) is 1. The van der Waals surface area contributed by atoms with E-state index in [0.717, 1.165) is 11.1 Å². The average Bonchev–Trinajstić information content (AvgIpc) is 3.22. The largest absolute Gasteiger partial charge is 0.438 e. The number of nitrogens with one attached hydrogen (secondary N) is 2. The average molecular weight is 506 g/mol. The highest BCUT2D eigenvalue weighted by atomic mass is 19.1. The fraction of sp³-hybridized carbons (Fsp3) is 0.250. The Kier molecular flexibility index (Phi) is 8.15. The highest BCUT2D eigenvalue weighted by molar-refractivity contribution is 6.04. The fourth-order valence-electron chi connectivity index (χ4n) is 4.08. The van der Waals surface area contributed by atoms with Crippen molar-refractivity contribution in [3.05, 3.63) is 101 Å². The Hall–Kier alpha value is -4.24. The second kappa shape index (κ2) is 11.7. The molecule has 192 valence electrons. The Balaban J connectivity index is 1.58. The summed E-state index contributed by atoms with van der Waals surface area (Å²) >= 11 is 0. The Bertz CT molecular complexity index is 1260. The minimum Gasteiger partial charge on any atom is -0.438 e. The van der Waals surface area contributed by atoms with Crippen LogP contribution in [-0.4, -0.2) is 49.1 Å². The van der Waals surface area contributed by atoms with E-state index >= 15 is 0 Å². The van der Waals surface area contributed by atoms with Gasteiger partial charge in [0.1, 0.15) is 5.82 Å². The Morgan fingerprint density at radius 2 is 1.78 bits per heavy atom. The molecule has 0 spiro atoms. The molecule has 0 aliphatic carbocycles. The van der Waals surface area contributed by atoms with Crippen LogP contribution in [0.15, 0.2) is 72.8 Å². The number of hydrogen-bond acceptors (Lipinski definition) is 5. The van der Waals surface area contributed by atoms with Crippen LogP contribution in [0.2, 0.25) is 0 Å². The summed E-state index contributed by atoms with van der Waals surface area (Å²) in [4.78, 5) is 40.2. The summed E-state index contributed by atoms with van der Waals surface area (Å²) in [6.45, 7) is 2.76. The molecule has 0 radical (unpaired) electrons. The number of anilines is 1. The highest BCUT2D eigenvalue weighted by Crippen LogP contribution is 2.35. The SMILES string of the molecule is COCCNC(=O)C1C(c2cccc(NC(=O)c3ccc(F)cc3)c2)OC(=O)N1Cc1ccc(C)cc1. The van der Waals surface area contributed by atoms with Crippen LogP contribution in [0.5, 0.6) is 0 Å². The van der Waals surface area contributed by atoms with Gasteiger partial charge in [0.2, 0.25) is 5.91 Å². The molecule has 1 fully saturated rings. The molecule has 3 aromatic carbocycles. The third-order valence-corrected chi connectivity index (χ3v) is 6.01. The van der Waals surface area contributed by atoms with E-state index in [-0.39, 0.29) is 19.0 Å². The first-order valence-corrected chi connectivity index (χ1v) is 11.8. The summed E-state index contributed by atoms with van der Waals surface area (Å²) in [6.07, 6.45) is -1.51. The summed E-state index contributed by atoms with van der Waals surface area (Å²) in [5, 5.41) is 5.57. The molecule has 1 saturated heterocycles. The summed E-state index contributed by atoms with van der Waals surface area (Å²) in [7, 11) is 1.53. The topological polar surface area (TPSA) is 97.0 Å². The number of benzene rings is 3. The predicted molar refractivity (Wildman–Crippen MR) is 135 cm³/mol. The predicted octanol–water partition coefficient (Wildman–Crippen LogP) is 4.21. The number of methoxy groups -OCH3 is 1. The molecule has 1 heterocycles. The number of aryl methyl sites for hydroxylation is 1. The van der Waals surface area contributed by atoms with E-state index in [1.165, 1.54) is 36.3 Å². The van der Waals surface area contributed by atoms with E-state index in [1.54, 1.807) is 24.3 Å². The molecule has 1 aliphatic rings. The smallest absolute Gasteiger partial charge is 0.411 e. The number of hydrogen-bond donors (Lipinski definition) is 2. The minimum atomic E-state index is -0.936. The number of rotatable bonds is 9. The van der Waals surface area contributed by atoms with Crippen LogP contribution < -0.4 is 10.6 Å². The van der Waals surface area contributed by atoms with Crippen molar-refractivity contribution in [3.63, 3.8) is 0 Å². The minimum absolute atomic E-state index is 0.193. The van der Waals surface area contributed by atoms with Crippen molar-refractivity contribution in [1.82, 2.24) is 10.2 Å². The zero-order chi connectivity index (χ0) is 26.4. The maximum Gasteiger partial charge on any atom is 0.411 e. The van der Waals surface area contributed by atoms with Gasteiger partial charge in [0.25, 0.3) is 5.91 Å². The molecule has 37 heavy (non-hydrogen) atoms. The molecule has 2 unspecified atom stereocenters. The van der Waals surface area contributed by atoms with Crippen LogP contribution in [0.4, 0.5) is 14.9 Å². The first-order chi connectivity index (χ1) is 17.9. The quantitative estimate of drug-likeness (QED) is 0.425. The normalized spacial score (nSPS) is 16.8. The Labute approximate surface area is 214 Å². The molecular formula is C28H28FN3O5. The number of ether oxygens (including phenoxy) is 2. The van der Waals surface area contributed by atoms with Gasteiger partial charge in [-0.1, -0.05) is 42.0 Å². The summed E-state index contributed by atoms with van der Waals surface area (Å²) < 4.78 is 23.9. The summed E-state index contributed by atoms with van der Waals surface area (Å²) in [5.41, 5.74) is 3.22. The van der Waals surface area contributed by atoms with Gasteiger partial charge in [-0.25, -0.2) is 9.18 Å². The molecule has 3 aromatic rings. The van der Waals surface area contributed by atoms with Gasteiger partial charge >= 0.3 is 6.09 Å². The molecule has 2 N–H and O–H groups in total. The molecular weight excluding hydrogens is 477 g/mol. The zero-order valence-electron chi connectivity index (χ0n) is 20.6. The van der Waals surface area contributed by atoms with E-state index < -0.39 is 30.0 Å². The van der Waals surface area contributed by atoms with Crippen LogP contribution in [0, 0.1) is 12.7 Å². The Morgan fingerprint density at radius 3 is 2.49 bits per heavy atom. The molecule has 0 saturated carbocycles. The van der Waals surface area contributed by atoms with Crippen molar-refractivity contribution in [1.29, 1.82) is 0 Å². The second-order valence-electron chi connectivity index (χ2n) is 8.73. The summed E-state index contributed by atoms with van der Waals surface area (Å²) in [5.74, 6) is -1.23. The van der Waals surface area contributed by atoms with Crippen molar-refractivity contribution in [2.75, 3.05) is 25.6 Å². The lowest BCUT2D eigenvalue weighted by Crippen LogP contribution is -2.47. The number of carbonyl (C=O) groups is 3. The maximum absolute atomic E-state index is 13.2. The van der Waals surface area contributed by atoms with Gasteiger partial charge in [-0.15, -0.1) is 0 Å². The summed E-state index contributed by atoms with van der Waals surface area (Å²) in [6, 6.07) is 18.7. The van der Waals surface area contributed by atoms with E-state index in [9.17, 15) is 18.8 Å². The molecule has 2 atom stereocenters. The Morgan fingerprint density at radius 1 is 1.05 bits per heavy atom. The highest BCUT2D eigenvalue weighted by Gasteiger charge is 2.47. The lowest BCUT2D eigenvalue weighted by molar-refractivity contribution is -0.126. The van der Waals surface area contributed by atoms with Crippen LogP contribution in [0.25, 0.3) is 0 Å². The van der Waals surface area contributed by atoms with E-state index in [0.29, 0.717) is 23.4 Å². The number of cyclic esters (lactones) is 1. The molecule has 3 amide bonds. The van der Waals surface area contributed by atoms with E-state index in [4.69, 9.17) is 9.47 Å². The zero-order valence-corrected chi connectivity index (χ0v) is 20.6. The fourth-order valence-corrected chi connectivity index (χ4v) is 4.08. The van der Waals surface area contributed by atoms with Crippen molar-refractivity contribution < 1.29 is 28.2 Å². The molecule has 1 aliphatic heterocycles. The van der Waals surface area contributed by atoms with Gasteiger partial charge in [0.15, 0.2) is 12.1 Å². The lowest BCUT2D eigenvalue weighted by atomic mass is 10.00. The molecule has 0 bridgehead atoms. The van der Waals surface area contributed by atoms with Crippen LogP contribution in [0.3, 0.4) is 0 Å². The van der Waals surface area contributed by atoms with Crippen molar-refractivity contribution in [2.45, 2.75) is 25.6 Å². The first-order valence-electron chi connectivity index (χ1n) is 11.8. The molecule has 4 rings (SSSR count). The van der Waals surface area contributed by atoms with Gasteiger partial charge in [-0.2, -0.15) is 0 Å². The van der Waals surface area contributed by atoms with Crippen molar-refractivity contribution in [3.8, 4) is 0 Å². The lowest BCUT2D eigenvalue weighted by Gasteiger charge is -2.24. The number of amides is 3. The van der Waals surface area contributed by atoms with Crippen molar-refractivity contribution in [2.24, 2.45) is 0 Å². The van der Waals surface area contributed by atoms with Gasteiger partial charge < -0.3 is 20.1 Å². The molecule has 9 heteroatoms. The molecule has 0 aromatic heterocycles. The number of halogens is 1. The third kappa shape index (κ3) is 6.31. The van der Waals surface area contributed by atoms with Gasteiger partial charge in [-0.3, -0.25) is 14.5 Å². The number of carbonyl (C=O) groups excluding carboxylic acids is 3. The van der Waals surface area contributed by atoms with Crippen molar-refractivity contribution >= 4 is 23.6 Å². The first kappa shape index (κ1) is 25.8. The van der Waals surface area contributed by atoms with Gasteiger partial charge in [-0.05, 0) is 54.4 Å². The molecule has 8 nitrogen and oxygen atoms in total. The van der Waals surface area contributed by atoms with Crippen LogP contribution in [0.1, 0.15) is 33.2 Å². The second-order valence-corrected chi connectivity index (χ2v) is 8.73. The monoisotopic (exact) mass is 505 g/mol. The van der Waals surface area contributed by atoms with E-state index in [2.05, 4.69) is 10.6 Å². The third-order valence-electron chi connectivity index (χ3n) is 6.01. The van der Waals surface area contributed by atoms with Crippen LogP contribution >= 0.6 is 0 Å². The standard InChI is InChI=1S/C28H28FN3O5/c1-18-6-8-19(9-7-18)17-32-24(27(34)30-14-15-36-2)25(37-28(32)35)21-4-3-5-23(16-21)31-26(33)20-10-12-22(29)13-11-20/h3-13,16,24-25H,14-15,17H2,1-2H3,(H,30,34)(H,31,33). The van der Waals surface area contributed by atoms with Gasteiger partial charge in [0, 0.05) is 24.9 Å².